The molecule has 0 amide bonds. The zero-order chi connectivity index (χ0) is 11.5. The molecule has 0 radical (unpaired) electrons. The molecule has 3 heteroatoms. The Bertz CT molecular complexity index is 361. The van der Waals surface area contributed by atoms with Crippen LogP contribution in [0.1, 0.15) is 42.9 Å². The monoisotopic (exact) mass is 238 g/mol. The fourth-order valence-electron chi connectivity index (χ4n) is 2.29. The molecule has 2 nitrogen and oxygen atoms in total. The molecule has 2 rings (SSSR count). The predicted octanol–water partition coefficient (Wildman–Crippen LogP) is 3.34. The molecule has 0 heterocycles. The number of hydrazine groups is 1. The summed E-state index contributed by atoms with van der Waals surface area (Å²) in [5, 5.41) is 0.852. The van der Waals surface area contributed by atoms with Gasteiger partial charge in [-0.15, -0.1) is 0 Å². The van der Waals surface area contributed by atoms with E-state index in [1.807, 2.05) is 19.1 Å². The third-order valence-electron chi connectivity index (χ3n) is 3.59. The third kappa shape index (κ3) is 2.40. The molecule has 0 aliphatic heterocycles. The summed E-state index contributed by atoms with van der Waals surface area (Å²) in [4.78, 5) is 0. The van der Waals surface area contributed by atoms with Gasteiger partial charge in [-0.2, -0.15) is 0 Å². The van der Waals surface area contributed by atoms with Crippen LogP contribution >= 0.6 is 11.6 Å². The first-order valence-corrected chi connectivity index (χ1v) is 6.31. The summed E-state index contributed by atoms with van der Waals surface area (Å²) in [6, 6.07) is 6.33. The molecule has 0 aromatic heterocycles. The zero-order valence-corrected chi connectivity index (χ0v) is 10.4. The van der Waals surface area contributed by atoms with Crippen molar-refractivity contribution in [2.24, 2.45) is 11.8 Å². The Morgan fingerprint density at radius 2 is 2.25 bits per heavy atom. The molecule has 0 spiro atoms. The lowest BCUT2D eigenvalue weighted by molar-refractivity contribution is 0.262. The van der Waals surface area contributed by atoms with Gasteiger partial charge in [0.15, 0.2) is 0 Å². The van der Waals surface area contributed by atoms with Gasteiger partial charge in [0.25, 0.3) is 0 Å². The van der Waals surface area contributed by atoms with E-state index in [1.54, 1.807) is 0 Å². The van der Waals surface area contributed by atoms with Crippen LogP contribution in [0.3, 0.4) is 0 Å². The maximum atomic E-state index is 6.32. The molecular formula is C13H19ClN2. The van der Waals surface area contributed by atoms with Gasteiger partial charge < -0.3 is 0 Å². The smallest absolute Gasteiger partial charge is 0.0483 e. The van der Waals surface area contributed by atoms with Crippen LogP contribution in [0, 0.1) is 12.8 Å². The minimum absolute atomic E-state index is 0.192. The van der Waals surface area contributed by atoms with Crippen molar-refractivity contribution in [3.8, 4) is 0 Å². The highest BCUT2D eigenvalue weighted by Crippen LogP contribution is 2.36. The summed E-state index contributed by atoms with van der Waals surface area (Å²) in [6.45, 7) is 2.03. The summed E-state index contributed by atoms with van der Waals surface area (Å²) < 4.78 is 0. The van der Waals surface area contributed by atoms with Crippen LogP contribution in [0.25, 0.3) is 0 Å². The predicted molar refractivity (Wildman–Crippen MR) is 68.2 cm³/mol. The van der Waals surface area contributed by atoms with Crippen LogP contribution in [-0.4, -0.2) is 0 Å². The van der Waals surface area contributed by atoms with E-state index in [-0.39, 0.29) is 6.04 Å². The first kappa shape index (κ1) is 11.9. The summed E-state index contributed by atoms with van der Waals surface area (Å²) in [5.41, 5.74) is 5.15. The molecule has 1 aromatic rings. The van der Waals surface area contributed by atoms with Crippen molar-refractivity contribution in [1.29, 1.82) is 0 Å². The Morgan fingerprint density at radius 3 is 2.81 bits per heavy atom. The number of rotatable bonds is 4. The van der Waals surface area contributed by atoms with Gasteiger partial charge in [0.2, 0.25) is 0 Å². The number of nitrogens with one attached hydrogen (secondary N) is 1. The molecule has 1 unspecified atom stereocenters. The number of hydrogen-bond acceptors (Lipinski definition) is 2. The first-order chi connectivity index (χ1) is 7.72. The second-order valence-electron chi connectivity index (χ2n) is 4.73. The fourth-order valence-corrected chi connectivity index (χ4v) is 2.54. The van der Waals surface area contributed by atoms with Crippen molar-refractivity contribution in [2.45, 2.75) is 38.6 Å². The molecule has 88 valence electrons. The van der Waals surface area contributed by atoms with Gasteiger partial charge in [0.05, 0.1) is 0 Å². The molecule has 1 atom stereocenters. The van der Waals surface area contributed by atoms with Gasteiger partial charge in [0, 0.05) is 11.1 Å². The lowest BCUT2D eigenvalue weighted by Crippen LogP contribution is -2.31. The van der Waals surface area contributed by atoms with Crippen LogP contribution in [0.5, 0.6) is 0 Å². The third-order valence-corrected chi connectivity index (χ3v) is 4.11. The molecule has 1 aromatic carbocycles. The highest BCUT2D eigenvalue weighted by molar-refractivity contribution is 6.32. The van der Waals surface area contributed by atoms with E-state index < -0.39 is 0 Å². The van der Waals surface area contributed by atoms with E-state index >= 15 is 0 Å². The Morgan fingerprint density at radius 1 is 1.50 bits per heavy atom. The molecule has 1 aliphatic carbocycles. The van der Waals surface area contributed by atoms with Crippen LogP contribution in [0.4, 0.5) is 0 Å². The molecule has 3 N–H and O–H groups in total. The van der Waals surface area contributed by atoms with Crippen molar-refractivity contribution >= 4 is 11.6 Å². The molecular weight excluding hydrogens is 220 g/mol. The second kappa shape index (κ2) is 5.17. The largest absolute Gasteiger partial charge is 0.271 e. The molecule has 1 fully saturated rings. The minimum atomic E-state index is 0.192. The van der Waals surface area contributed by atoms with Crippen LogP contribution < -0.4 is 11.3 Å². The first-order valence-electron chi connectivity index (χ1n) is 5.93. The van der Waals surface area contributed by atoms with E-state index in [1.165, 1.54) is 19.3 Å². The zero-order valence-electron chi connectivity index (χ0n) is 9.67. The number of nitrogens with two attached hydrogens (primary N) is 1. The average Bonchev–Trinajstić information content (AvgIpc) is 2.22. The van der Waals surface area contributed by atoms with E-state index in [4.69, 9.17) is 17.4 Å². The minimum Gasteiger partial charge on any atom is -0.271 e. The van der Waals surface area contributed by atoms with Gasteiger partial charge in [-0.3, -0.25) is 11.3 Å². The number of halogens is 1. The van der Waals surface area contributed by atoms with Crippen LogP contribution in [0.15, 0.2) is 18.2 Å². The second-order valence-corrected chi connectivity index (χ2v) is 5.11. The fraction of sp³-hybridized carbons (Fsp3) is 0.538. The summed E-state index contributed by atoms with van der Waals surface area (Å²) >= 11 is 6.32. The van der Waals surface area contributed by atoms with E-state index in [2.05, 4.69) is 11.5 Å². The average molecular weight is 239 g/mol. The van der Waals surface area contributed by atoms with Gasteiger partial charge >= 0.3 is 0 Å². The topological polar surface area (TPSA) is 38.0 Å². The Balaban J connectivity index is 2.15. The van der Waals surface area contributed by atoms with Gasteiger partial charge in [0.1, 0.15) is 0 Å². The standard InChI is InChI=1S/C13H19ClN2/c1-9-4-2-7-11(13(9)14)12(16-15)8-10-5-3-6-10/h2,4,7,10,12,16H,3,5-6,8,15H2,1H3. The molecule has 1 saturated carbocycles. The molecule has 0 bridgehead atoms. The number of aryl methyl sites for hydroxylation is 1. The Kier molecular flexibility index (Phi) is 3.85. The Hall–Kier alpha value is -0.570. The van der Waals surface area contributed by atoms with E-state index in [0.717, 1.165) is 28.5 Å². The SMILES string of the molecule is Cc1cccc(C(CC2CCC2)NN)c1Cl. The van der Waals surface area contributed by atoms with Crippen molar-refractivity contribution in [3.05, 3.63) is 34.3 Å². The maximum absolute atomic E-state index is 6.32. The van der Waals surface area contributed by atoms with Crippen LogP contribution in [-0.2, 0) is 0 Å². The van der Waals surface area contributed by atoms with Gasteiger partial charge in [-0.05, 0) is 30.4 Å². The van der Waals surface area contributed by atoms with E-state index in [0.29, 0.717) is 0 Å². The summed E-state index contributed by atoms with van der Waals surface area (Å²) in [6.07, 6.45) is 5.13. The van der Waals surface area contributed by atoms with Gasteiger partial charge in [-0.25, -0.2) is 0 Å². The summed E-state index contributed by atoms with van der Waals surface area (Å²) in [7, 11) is 0. The Labute approximate surface area is 102 Å². The number of benzene rings is 1. The van der Waals surface area contributed by atoms with Crippen molar-refractivity contribution < 1.29 is 0 Å². The van der Waals surface area contributed by atoms with Crippen molar-refractivity contribution in [3.63, 3.8) is 0 Å². The lowest BCUT2D eigenvalue weighted by Gasteiger charge is -2.30. The molecule has 16 heavy (non-hydrogen) atoms. The lowest BCUT2D eigenvalue weighted by atomic mass is 9.79. The molecule has 1 aliphatic rings. The maximum Gasteiger partial charge on any atom is 0.0483 e. The van der Waals surface area contributed by atoms with E-state index in [9.17, 15) is 0 Å². The molecule has 0 saturated heterocycles. The van der Waals surface area contributed by atoms with Crippen LogP contribution in [0.2, 0.25) is 5.02 Å². The quantitative estimate of drug-likeness (QED) is 0.624. The van der Waals surface area contributed by atoms with Crippen molar-refractivity contribution in [1.82, 2.24) is 5.43 Å². The highest BCUT2D eigenvalue weighted by atomic mass is 35.5. The number of hydrogen-bond donors (Lipinski definition) is 2. The van der Waals surface area contributed by atoms with Crippen molar-refractivity contribution in [2.75, 3.05) is 0 Å². The highest BCUT2D eigenvalue weighted by Gasteiger charge is 2.23. The normalized spacial score (nSPS) is 18.2. The summed E-state index contributed by atoms with van der Waals surface area (Å²) in [5.74, 6) is 6.46. The van der Waals surface area contributed by atoms with Gasteiger partial charge in [-0.1, -0.05) is 49.1 Å².